The smallest absolute Gasteiger partial charge is 0.00212 e. The SMILES string of the molecule is [2HH].[Gd].[Gd].[Gd].[Gd].[Gd].[GeH3].[GeH3].[Si][SiH3]. The van der Waals surface area contributed by atoms with Crippen LogP contribution in [0.25, 0.3) is 0 Å². The van der Waals surface area contributed by atoms with Gasteiger partial charge in [0.25, 0.3) is 0 Å². The molecule has 0 aliphatic rings. The Labute approximate surface area is 247 Å². The Morgan fingerprint density at radius 3 is 0.667 bits per heavy atom. The second kappa shape index (κ2) is 55.8. The third-order valence-electron chi connectivity index (χ3n) is 0. The quantitative estimate of drug-likeness (QED) is 0.220. The molecule has 0 rings (SSSR count). The van der Waals surface area contributed by atoms with Crippen molar-refractivity contribution in [2.24, 2.45) is 0 Å². The van der Waals surface area contributed by atoms with Crippen LogP contribution in [-0.2, 0) is 0 Å². The van der Waals surface area contributed by atoms with Crippen LogP contribution in [0.1, 0.15) is 1.43 Å². The Kier molecular flexibility index (Phi) is 331. The van der Waals surface area contributed by atoms with Crippen molar-refractivity contribution in [3.63, 3.8) is 0 Å². The molecule has 0 saturated carbocycles. The van der Waals surface area contributed by atoms with Crippen LogP contribution in [0.15, 0.2) is 0 Å². The standard InChI is InChI=1S/5Gd.2GeH3.H3Si2.H2/c;;;;;;;1-2;/h;;;;;2*1H3;1H3;1H/i;;;;;;;;1+1. The minimum absolute atomic E-state index is 0. The summed E-state index contributed by atoms with van der Waals surface area (Å²) in [6, 6.07) is 0. The van der Waals surface area contributed by atoms with Crippen LogP contribution >= 0.6 is 0 Å². The van der Waals surface area contributed by atoms with Gasteiger partial charge in [-0.15, -0.1) is 0 Å². The molecule has 0 spiro atoms. The summed E-state index contributed by atoms with van der Waals surface area (Å²) in [6.07, 6.45) is 0. The molecule has 0 heterocycles. The molecule has 0 unspecified atom stereocenters. The van der Waals surface area contributed by atoms with Gasteiger partial charge in [-0.1, -0.05) is 0 Å². The number of hydrogen-bond acceptors (Lipinski definition) is 0. The molecule has 0 fully saturated rings. The second-order valence-electron chi connectivity index (χ2n) is 0. The Hall–Kier alpha value is 8.14. The summed E-state index contributed by atoms with van der Waals surface area (Å²) < 4.78 is 0. The Bertz CT molecular complexity index is 17.6. The zero-order valence-corrected chi connectivity index (χ0v) is 28.0. The van der Waals surface area contributed by atoms with Gasteiger partial charge in [-0.2, -0.15) is 0 Å². The predicted octanol–water partition coefficient (Wildman–Crippen LogP) is -3.69. The summed E-state index contributed by atoms with van der Waals surface area (Å²) in [6.45, 7) is 0. The third-order valence-corrected chi connectivity index (χ3v) is 0. The maximum Gasteiger partial charge on any atom is -0.00212 e. The first-order valence-electron chi connectivity index (χ1n) is 0.500. The Morgan fingerprint density at radius 2 is 0.667 bits per heavy atom. The van der Waals surface area contributed by atoms with Crippen molar-refractivity contribution < 1.29 is 201 Å². The fourth-order valence-corrected chi connectivity index (χ4v) is 0. The van der Waals surface area contributed by atoms with Gasteiger partial charge < -0.3 is 0 Å². The molecule has 0 bridgehead atoms. The minimum atomic E-state index is 0. The molecule has 9 heavy (non-hydrogen) atoms. The topological polar surface area (TPSA) is 0 Å². The summed E-state index contributed by atoms with van der Waals surface area (Å²) in [4.78, 5) is 0. The second-order valence-corrected chi connectivity index (χ2v) is 0. The normalized spacial score (nSPS) is 1.00. The molecule has 0 atom stereocenters. The zero-order valence-electron chi connectivity index (χ0n) is 5.27. The van der Waals surface area contributed by atoms with Gasteiger partial charge in [-0.25, -0.2) is 0 Å². The van der Waals surface area contributed by atoms with Crippen molar-refractivity contribution in [1.82, 2.24) is 0 Å². The molecule has 0 aromatic heterocycles. The van der Waals surface area contributed by atoms with Crippen LogP contribution in [0.4, 0.5) is 0 Å². The van der Waals surface area contributed by atoms with Gasteiger partial charge in [-0.05, 0) is 19.5 Å². The van der Waals surface area contributed by atoms with Crippen molar-refractivity contribution >= 4 is 54.7 Å². The summed E-state index contributed by atoms with van der Waals surface area (Å²) in [5.41, 5.74) is 0. The van der Waals surface area contributed by atoms with E-state index in [9.17, 15) is 0 Å². The molecule has 0 nitrogen and oxygen atoms in total. The molecule has 9 heteroatoms. The minimum Gasteiger partial charge on any atom is -0.0107 e. The summed E-state index contributed by atoms with van der Waals surface area (Å²) in [5.74, 6) is 0. The third kappa shape index (κ3) is 48.7. The van der Waals surface area contributed by atoms with Crippen LogP contribution in [0, 0.1) is 200 Å². The van der Waals surface area contributed by atoms with E-state index in [-0.39, 0.29) is 236 Å². The van der Waals surface area contributed by atoms with Gasteiger partial charge in [0, 0.05) is 201 Å². The van der Waals surface area contributed by atoms with Crippen LogP contribution in [0.2, 0.25) is 0 Å². The molecule has 0 N–H and O–H groups in total. The fourth-order valence-electron chi connectivity index (χ4n) is 0. The molecule has 0 saturated heterocycles. The number of hydrogen-bond donors (Lipinski definition) is 0. The maximum atomic E-state index is 3.11. The van der Waals surface area contributed by atoms with Crippen molar-refractivity contribution in [1.29, 1.82) is 0 Å². The van der Waals surface area contributed by atoms with Crippen molar-refractivity contribution in [3.05, 3.63) is 0 Å². The van der Waals surface area contributed by atoms with Gasteiger partial charge in [0.15, 0.2) is 0 Å². The fraction of sp³-hybridized carbons (Fsp3) is 0. The van der Waals surface area contributed by atoms with E-state index >= 15 is 0 Å². The van der Waals surface area contributed by atoms with E-state index in [1.165, 1.54) is 0 Å². The first-order valence-corrected chi connectivity index (χ1v) is 4.50. The van der Waals surface area contributed by atoms with Gasteiger partial charge >= 0.3 is 35.2 Å². The predicted molar refractivity (Wildman–Crippen MR) is 37.7 cm³/mol. The first kappa shape index (κ1) is 53.4. The molecule has 0 aromatic rings. The van der Waals surface area contributed by atoms with Crippen LogP contribution < -0.4 is 0 Å². The largest absolute Gasteiger partial charge is 0.0107 e. The molecular weight excluding hydrogens is 988 g/mol. The molecule has 0 aliphatic carbocycles. The van der Waals surface area contributed by atoms with E-state index in [1.54, 1.807) is 0 Å². The molecule has 67 valence electrons. The van der Waals surface area contributed by atoms with E-state index in [4.69, 9.17) is 0 Å². The van der Waals surface area contributed by atoms with Crippen molar-refractivity contribution in [2.45, 2.75) is 0 Å². The van der Waals surface area contributed by atoms with Gasteiger partial charge in [0.2, 0.25) is 0 Å². The van der Waals surface area contributed by atoms with Crippen molar-refractivity contribution in [3.8, 4) is 0 Å². The van der Waals surface area contributed by atoms with Gasteiger partial charge in [0.05, 0.1) is 0 Å². The monoisotopic (exact) mass is 1010 g/mol. The molecular formula is H11Gd5Ge2Si2. The Balaban J connectivity index is -0.000000000179. The van der Waals surface area contributed by atoms with Gasteiger partial charge in [0.1, 0.15) is 0 Å². The van der Waals surface area contributed by atoms with Crippen molar-refractivity contribution in [2.75, 3.05) is 0 Å². The van der Waals surface area contributed by atoms with Crippen LogP contribution in [0.3, 0.4) is 0 Å². The maximum absolute atomic E-state index is 3.11. The molecule has 0 aromatic carbocycles. The molecule has 0 amide bonds. The summed E-state index contributed by atoms with van der Waals surface area (Å²) >= 11 is 0. The Morgan fingerprint density at radius 1 is 0.667 bits per heavy atom. The van der Waals surface area contributed by atoms with E-state index in [0.717, 1.165) is 9.76 Å². The zero-order chi connectivity index (χ0) is 2.00. The summed E-state index contributed by atoms with van der Waals surface area (Å²) in [5, 5.41) is 0. The van der Waals surface area contributed by atoms with E-state index < -0.39 is 0 Å². The average molecular weight is 1000 g/mol. The molecule has 0 aliphatic heterocycles. The average Bonchev–Trinajstić information content (AvgIpc) is 1.00. The van der Waals surface area contributed by atoms with E-state index in [1.807, 2.05) is 0 Å². The summed E-state index contributed by atoms with van der Waals surface area (Å²) in [7, 11) is 4.22. The van der Waals surface area contributed by atoms with E-state index in [2.05, 4.69) is 9.76 Å². The van der Waals surface area contributed by atoms with Gasteiger partial charge in [-0.3, -0.25) is 0 Å². The van der Waals surface area contributed by atoms with E-state index in [0.29, 0.717) is 0 Å². The van der Waals surface area contributed by atoms with Crippen LogP contribution in [0.5, 0.6) is 0 Å². The number of rotatable bonds is 0. The van der Waals surface area contributed by atoms with Crippen LogP contribution in [-0.4, -0.2) is 54.7 Å². The molecule has 5 radical (unpaired) electrons. The first-order chi connectivity index (χ1) is 1.00.